The van der Waals surface area contributed by atoms with E-state index in [-0.39, 0.29) is 28.4 Å². The predicted octanol–water partition coefficient (Wildman–Crippen LogP) is 4.89. The van der Waals surface area contributed by atoms with Crippen molar-refractivity contribution in [3.63, 3.8) is 0 Å². The van der Waals surface area contributed by atoms with E-state index in [1.165, 1.54) is 48.2 Å². The van der Waals surface area contributed by atoms with Crippen LogP contribution in [0.5, 0.6) is 0 Å². The minimum atomic E-state index is -4.00. The number of sulfone groups is 1. The van der Waals surface area contributed by atoms with E-state index in [0.29, 0.717) is 17.0 Å². The molecular formula is C31H35ClN2O8S. The van der Waals surface area contributed by atoms with Gasteiger partial charge in [0.1, 0.15) is 11.6 Å². The molecule has 0 fully saturated rings. The van der Waals surface area contributed by atoms with E-state index >= 15 is 0 Å². The van der Waals surface area contributed by atoms with Gasteiger partial charge in [0.05, 0.1) is 22.4 Å². The van der Waals surface area contributed by atoms with Crippen molar-refractivity contribution < 1.29 is 37.8 Å². The molecule has 0 radical (unpaired) electrons. The van der Waals surface area contributed by atoms with Gasteiger partial charge in [-0.25, -0.2) is 13.2 Å². The lowest BCUT2D eigenvalue weighted by Crippen LogP contribution is -2.40. The van der Waals surface area contributed by atoms with Crippen LogP contribution in [-0.2, 0) is 25.8 Å². The fraction of sp³-hybridized carbons (Fsp3) is 0.323. The van der Waals surface area contributed by atoms with Crippen LogP contribution in [0, 0.1) is 0 Å². The summed E-state index contributed by atoms with van der Waals surface area (Å²) in [5.41, 5.74) is 0.542. The first kappa shape index (κ1) is 33.6. The van der Waals surface area contributed by atoms with Gasteiger partial charge in [-0.15, -0.1) is 0 Å². The number of ether oxygens (including phenoxy) is 1. The van der Waals surface area contributed by atoms with Crippen LogP contribution < -0.4 is 5.32 Å². The van der Waals surface area contributed by atoms with Crippen LogP contribution in [0.3, 0.4) is 0 Å². The third-order valence-electron chi connectivity index (χ3n) is 6.31. The normalized spacial score (nSPS) is 13.1. The van der Waals surface area contributed by atoms with Crippen LogP contribution in [-0.4, -0.2) is 66.2 Å². The number of nitrogens with zero attached hydrogens (tertiary/aromatic N) is 1. The number of halogens is 1. The molecule has 3 aromatic rings. The third kappa shape index (κ3) is 9.54. The number of carbonyl (C=O) groups excluding carboxylic acids is 2. The smallest absolute Gasteiger partial charge is 0.410 e. The number of rotatable bonds is 11. The predicted molar refractivity (Wildman–Crippen MR) is 161 cm³/mol. The molecule has 43 heavy (non-hydrogen) atoms. The maximum Gasteiger partial charge on any atom is 0.410 e. The van der Waals surface area contributed by atoms with Crippen LogP contribution >= 0.6 is 11.6 Å². The Labute approximate surface area is 256 Å². The molecule has 0 aliphatic carbocycles. The van der Waals surface area contributed by atoms with E-state index < -0.39 is 45.6 Å². The summed E-state index contributed by atoms with van der Waals surface area (Å²) in [6, 6.07) is 17.0. The standard InChI is InChI=1S/C31H35ClN2O8S/c1-20(29(37)38)33-28(36)23-8-6-10-26(18-23)43(40,41)25-13-11-21(12-14-25)15-16-34(30(39)42-31(2,3)4)19-27(35)22-7-5-9-24(32)17-22/h5-14,17-18,20,27,35H,15-16,19H2,1-4H3,(H,33,36)(H,37,38)/t20-,27-/m1/s1. The highest BCUT2D eigenvalue weighted by Crippen LogP contribution is 2.24. The second-order valence-corrected chi connectivity index (χ2v) is 13.3. The zero-order valence-corrected chi connectivity index (χ0v) is 25.9. The Morgan fingerprint density at radius 1 is 0.977 bits per heavy atom. The molecule has 12 heteroatoms. The van der Waals surface area contributed by atoms with E-state index in [0.717, 1.165) is 5.56 Å². The fourth-order valence-electron chi connectivity index (χ4n) is 3.99. The third-order valence-corrected chi connectivity index (χ3v) is 8.31. The van der Waals surface area contributed by atoms with Crippen LogP contribution in [0.1, 0.15) is 55.3 Å². The molecule has 2 atom stereocenters. The monoisotopic (exact) mass is 630 g/mol. The molecule has 3 rings (SSSR count). The lowest BCUT2D eigenvalue weighted by Gasteiger charge is -2.29. The molecule has 3 N–H and O–H groups in total. The molecule has 0 bridgehead atoms. The van der Waals surface area contributed by atoms with Crippen molar-refractivity contribution in [2.75, 3.05) is 13.1 Å². The number of aliphatic hydroxyl groups is 1. The van der Waals surface area contributed by atoms with Crippen molar-refractivity contribution in [2.24, 2.45) is 0 Å². The number of amides is 2. The summed E-state index contributed by atoms with van der Waals surface area (Å²) >= 11 is 6.05. The van der Waals surface area contributed by atoms with Gasteiger partial charge in [0.25, 0.3) is 5.91 Å². The minimum absolute atomic E-state index is 0.00640. The molecule has 0 spiro atoms. The van der Waals surface area contributed by atoms with Crippen LogP contribution in [0.25, 0.3) is 0 Å². The Hall–Kier alpha value is -3.93. The van der Waals surface area contributed by atoms with Gasteiger partial charge < -0.3 is 25.2 Å². The van der Waals surface area contributed by atoms with Gasteiger partial charge in [-0.2, -0.15) is 0 Å². The topological polar surface area (TPSA) is 150 Å². The summed E-state index contributed by atoms with van der Waals surface area (Å²) in [5.74, 6) is -1.93. The number of hydrogen-bond donors (Lipinski definition) is 3. The molecule has 10 nitrogen and oxygen atoms in total. The minimum Gasteiger partial charge on any atom is -0.480 e. The number of carboxylic acid groups (broad SMARTS) is 1. The number of carbonyl (C=O) groups is 3. The summed E-state index contributed by atoms with van der Waals surface area (Å²) in [7, 11) is -4.00. The first-order valence-corrected chi connectivity index (χ1v) is 15.3. The molecule has 2 amide bonds. The maximum atomic E-state index is 13.3. The van der Waals surface area contributed by atoms with Gasteiger partial charge in [0, 0.05) is 17.1 Å². The Bertz CT molecular complexity index is 1570. The highest BCUT2D eigenvalue weighted by atomic mass is 35.5. The van der Waals surface area contributed by atoms with Gasteiger partial charge in [-0.3, -0.25) is 9.59 Å². The molecule has 0 aliphatic rings. The molecule has 230 valence electrons. The summed E-state index contributed by atoms with van der Waals surface area (Å²) in [6.45, 7) is 6.68. The highest BCUT2D eigenvalue weighted by molar-refractivity contribution is 7.91. The van der Waals surface area contributed by atoms with E-state index in [2.05, 4.69) is 5.32 Å². The molecule has 3 aromatic carbocycles. The Kier molecular flexibility index (Phi) is 11.0. The second-order valence-electron chi connectivity index (χ2n) is 11.0. The quantitative estimate of drug-likeness (QED) is 0.271. The molecule has 0 aliphatic heterocycles. The van der Waals surface area contributed by atoms with E-state index in [9.17, 15) is 27.9 Å². The molecule has 0 unspecified atom stereocenters. The van der Waals surface area contributed by atoms with Crippen molar-refractivity contribution in [3.05, 3.63) is 94.5 Å². The van der Waals surface area contributed by atoms with E-state index in [4.69, 9.17) is 21.4 Å². The molecule has 0 heterocycles. The fourth-order valence-corrected chi connectivity index (χ4v) is 5.50. The van der Waals surface area contributed by atoms with Crippen LogP contribution in [0.15, 0.2) is 82.6 Å². The molecule has 0 aromatic heterocycles. The van der Waals surface area contributed by atoms with Crippen molar-refractivity contribution in [1.29, 1.82) is 0 Å². The van der Waals surface area contributed by atoms with Gasteiger partial charge in [0.2, 0.25) is 9.84 Å². The zero-order chi connectivity index (χ0) is 31.9. The summed E-state index contributed by atoms with van der Waals surface area (Å²) in [5, 5.41) is 22.6. The van der Waals surface area contributed by atoms with Gasteiger partial charge >= 0.3 is 12.1 Å². The molecule has 0 saturated carbocycles. The van der Waals surface area contributed by atoms with E-state index in [1.54, 1.807) is 57.2 Å². The largest absolute Gasteiger partial charge is 0.480 e. The first-order chi connectivity index (χ1) is 20.1. The molecule has 0 saturated heterocycles. The number of hydrogen-bond acceptors (Lipinski definition) is 7. The number of benzene rings is 3. The molecular weight excluding hydrogens is 596 g/mol. The summed E-state index contributed by atoms with van der Waals surface area (Å²) < 4.78 is 32.1. The summed E-state index contributed by atoms with van der Waals surface area (Å²) in [6.07, 6.45) is -1.27. The maximum absolute atomic E-state index is 13.3. The number of carboxylic acids is 1. The number of aliphatic carboxylic acids is 1. The summed E-state index contributed by atoms with van der Waals surface area (Å²) in [4.78, 5) is 37.7. The van der Waals surface area contributed by atoms with Crippen molar-refractivity contribution in [2.45, 2.75) is 61.7 Å². The van der Waals surface area contributed by atoms with Crippen LogP contribution in [0.4, 0.5) is 4.79 Å². The number of nitrogens with one attached hydrogen (secondary N) is 1. The first-order valence-electron chi connectivity index (χ1n) is 13.5. The number of aliphatic hydroxyl groups excluding tert-OH is 1. The van der Waals surface area contributed by atoms with Crippen molar-refractivity contribution >= 4 is 39.4 Å². The van der Waals surface area contributed by atoms with Crippen LogP contribution in [0.2, 0.25) is 5.02 Å². The van der Waals surface area contributed by atoms with Gasteiger partial charge in [0.15, 0.2) is 0 Å². The average Bonchev–Trinajstić information content (AvgIpc) is 2.94. The van der Waals surface area contributed by atoms with Crippen molar-refractivity contribution in [1.82, 2.24) is 10.2 Å². The van der Waals surface area contributed by atoms with Crippen molar-refractivity contribution in [3.8, 4) is 0 Å². The van der Waals surface area contributed by atoms with Gasteiger partial charge in [-0.1, -0.05) is 41.9 Å². The Morgan fingerprint density at radius 3 is 2.23 bits per heavy atom. The average molecular weight is 631 g/mol. The Balaban J connectivity index is 1.75. The van der Waals surface area contributed by atoms with E-state index in [1.807, 2.05) is 0 Å². The Morgan fingerprint density at radius 2 is 1.63 bits per heavy atom. The SMILES string of the molecule is C[C@@H](NC(=O)c1cccc(S(=O)(=O)c2ccc(CCN(C[C@@H](O)c3cccc(Cl)c3)C(=O)OC(C)(C)C)cc2)c1)C(=O)O. The second kappa shape index (κ2) is 14.0. The lowest BCUT2D eigenvalue weighted by molar-refractivity contribution is -0.138. The van der Waals surface area contributed by atoms with Gasteiger partial charge in [-0.05, 0) is 87.7 Å². The lowest BCUT2D eigenvalue weighted by atomic mass is 10.1. The zero-order valence-electron chi connectivity index (χ0n) is 24.3. The highest BCUT2D eigenvalue weighted by Gasteiger charge is 2.25.